The van der Waals surface area contributed by atoms with E-state index < -0.39 is 5.76 Å². The number of fused-ring (bicyclic) bond motifs is 1. The molecule has 0 aliphatic carbocycles. The molecule has 90 valence electrons. The maximum absolute atomic E-state index is 11.9. The number of rotatable bonds is 1. The zero-order valence-electron chi connectivity index (χ0n) is 8.93. The summed E-state index contributed by atoms with van der Waals surface area (Å²) in [5.41, 5.74) is 1.41. The molecule has 3 aromatic rings. The minimum atomic E-state index is -0.510. The first-order chi connectivity index (χ1) is 8.66. The zero-order valence-corrected chi connectivity index (χ0v) is 11.3. The van der Waals surface area contributed by atoms with Crippen LogP contribution in [0.15, 0.2) is 50.2 Å². The van der Waals surface area contributed by atoms with Crippen LogP contribution in [0.25, 0.3) is 16.9 Å². The van der Waals surface area contributed by atoms with Crippen molar-refractivity contribution in [2.45, 2.75) is 0 Å². The molecule has 4 nitrogen and oxygen atoms in total. The zero-order chi connectivity index (χ0) is 12.7. The first-order valence-electron chi connectivity index (χ1n) is 5.09. The largest absolute Gasteiger partial charge is 0.425 e. The minimum absolute atomic E-state index is 0.411. The smallest absolute Gasteiger partial charge is 0.406 e. The van der Waals surface area contributed by atoms with E-state index in [9.17, 15) is 4.79 Å². The van der Waals surface area contributed by atoms with Crippen LogP contribution in [0.4, 0.5) is 0 Å². The van der Waals surface area contributed by atoms with Gasteiger partial charge in [0.1, 0.15) is 0 Å². The molecule has 0 bridgehead atoms. The number of benzene rings is 1. The number of para-hydroxylation sites is 1. The van der Waals surface area contributed by atoms with Gasteiger partial charge in [-0.2, -0.15) is 0 Å². The van der Waals surface area contributed by atoms with Crippen LogP contribution in [-0.2, 0) is 0 Å². The van der Waals surface area contributed by atoms with E-state index in [1.807, 2.05) is 0 Å². The van der Waals surface area contributed by atoms with E-state index in [1.54, 1.807) is 36.5 Å². The predicted octanol–water partition coefficient (Wildman–Crippen LogP) is 3.39. The summed E-state index contributed by atoms with van der Waals surface area (Å²) < 4.78 is 7.24. The van der Waals surface area contributed by atoms with Crippen LogP contribution in [0, 0.1) is 0 Å². The van der Waals surface area contributed by atoms with Gasteiger partial charge in [0.25, 0.3) is 0 Å². The lowest BCUT2D eigenvalue weighted by Gasteiger charge is -2.03. The Hall–Kier alpha value is -1.59. The monoisotopic (exact) mass is 324 g/mol. The van der Waals surface area contributed by atoms with Crippen molar-refractivity contribution in [2.24, 2.45) is 0 Å². The molecule has 1 aromatic carbocycles. The summed E-state index contributed by atoms with van der Waals surface area (Å²) >= 11 is 9.36. The molecule has 0 N–H and O–H groups in total. The summed E-state index contributed by atoms with van der Waals surface area (Å²) in [6, 6.07) is 8.73. The van der Waals surface area contributed by atoms with Gasteiger partial charge in [0.2, 0.25) is 0 Å². The molecular formula is C12H6BrClN2O2. The Labute approximate surface area is 115 Å². The first-order valence-corrected chi connectivity index (χ1v) is 6.26. The number of pyridine rings is 1. The van der Waals surface area contributed by atoms with E-state index in [2.05, 4.69) is 20.9 Å². The average molecular weight is 326 g/mol. The Balaban J connectivity index is 2.40. The Bertz CT molecular complexity index is 794. The molecule has 6 heteroatoms. The molecule has 0 unspecified atom stereocenters. The van der Waals surface area contributed by atoms with E-state index in [0.717, 1.165) is 4.47 Å². The van der Waals surface area contributed by atoms with Crippen molar-refractivity contribution in [3.63, 3.8) is 0 Å². The van der Waals surface area contributed by atoms with Crippen LogP contribution in [0.2, 0.25) is 5.02 Å². The van der Waals surface area contributed by atoms with Crippen LogP contribution < -0.4 is 5.76 Å². The molecule has 3 rings (SSSR count). The maximum atomic E-state index is 11.9. The van der Waals surface area contributed by atoms with Crippen molar-refractivity contribution in [1.82, 2.24) is 9.55 Å². The van der Waals surface area contributed by atoms with Gasteiger partial charge in [-0.05, 0) is 28.1 Å². The van der Waals surface area contributed by atoms with Gasteiger partial charge in [0.15, 0.2) is 11.2 Å². The molecule has 2 heterocycles. The highest BCUT2D eigenvalue weighted by atomic mass is 79.9. The van der Waals surface area contributed by atoms with Crippen molar-refractivity contribution in [2.75, 3.05) is 0 Å². The number of hydrogen-bond donors (Lipinski definition) is 0. The van der Waals surface area contributed by atoms with Crippen LogP contribution in [-0.4, -0.2) is 9.55 Å². The minimum Gasteiger partial charge on any atom is -0.406 e. The van der Waals surface area contributed by atoms with E-state index in [0.29, 0.717) is 21.9 Å². The Morgan fingerprint density at radius 3 is 2.89 bits per heavy atom. The molecule has 0 amide bonds. The Morgan fingerprint density at radius 2 is 2.11 bits per heavy atom. The normalized spacial score (nSPS) is 11.0. The van der Waals surface area contributed by atoms with Crippen LogP contribution >= 0.6 is 27.5 Å². The Kier molecular flexibility index (Phi) is 2.72. The Morgan fingerprint density at radius 1 is 1.33 bits per heavy atom. The second-order valence-corrected chi connectivity index (χ2v) is 4.95. The van der Waals surface area contributed by atoms with E-state index in [-0.39, 0.29) is 0 Å². The molecule has 18 heavy (non-hydrogen) atoms. The number of hydrogen-bond acceptors (Lipinski definition) is 3. The van der Waals surface area contributed by atoms with Gasteiger partial charge in [0, 0.05) is 16.7 Å². The van der Waals surface area contributed by atoms with E-state index >= 15 is 0 Å². The highest BCUT2D eigenvalue weighted by molar-refractivity contribution is 9.10. The molecular weight excluding hydrogens is 320 g/mol. The standard InChI is InChI=1S/C12H6BrClN2O2/c13-7-5-10-11(15-6-7)16(12(17)18-10)9-4-2-1-3-8(9)14/h1-6H. The third-order valence-corrected chi connectivity index (χ3v) is 3.24. The summed E-state index contributed by atoms with van der Waals surface area (Å²) in [6.45, 7) is 0. The second-order valence-electron chi connectivity index (χ2n) is 3.63. The molecule has 2 aromatic heterocycles. The lowest BCUT2D eigenvalue weighted by Crippen LogP contribution is -2.12. The van der Waals surface area contributed by atoms with Gasteiger partial charge < -0.3 is 4.42 Å². The van der Waals surface area contributed by atoms with Crippen molar-refractivity contribution in [3.05, 3.63) is 56.6 Å². The van der Waals surface area contributed by atoms with Gasteiger partial charge in [-0.25, -0.2) is 14.3 Å². The van der Waals surface area contributed by atoms with E-state index in [4.69, 9.17) is 16.0 Å². The SMILES string of the molecule is O=c1oc2cc(Br)cnc2n1-c1ccccc1Cl. The fraction of sp³-hybridized carbons (Fsp3) is 0. The molecule has 0 aliphatic rings. The highest BCUT2D eigenvalue weighted by Gasteiger charge is 2.14. The summed E-state index contributed by atoms with van der Waals surface area (Å²) in [5.74, 6) is -0.510. The van der Waals surface area contributed by atoms with Gasteiger partial charge >= 0.3 is 5.76 Å². The quantitative estimate of drug-likeness (QED) is 0.689. The van der Waals surface area contributed by atoms with Gasteiger partial charge in [-0.15, -0.1) is 0 Å². The molecule has 0 spiro atoms. The number of nitrogens with zero attached hydrogens (tertiary/aromatic N) is 2. The average Bonchev–Trinajstić information content (AvgIpc) is 2.65. The number of halogens is 2. The van der Waals surface area contributed by atoms with Crippen LogP contribution in [0.5, 0.6) is 0 Å². The van der Waals surface area contributed by atoms with Gasteiger partial charge in [-0.1, -0.05) is 23.7 Å². The molecule has 0 fully saturated rings. The van der Waals surface area contributed by atoms with Crippen LogP contribution in [0.1, 0.15) is 0 Å². The summed E-state index contributed by atoms with van der Waals surface area (Å²) in [5, 5.41) is 0.465. The van der Waals surface area contributed by atoms with Crippen molar-refractivity contribution < 1.29 is 4.42 Å². The summed E-state index contributed by atoms with van der Waals surface area (Å²) in [4.78, 5) is 16.1. The van der Waals surface area contributed by atoms with Crippen molar-refractivity contribution in [1.29, 1.82) is 0 Å². The molecule has 0 atom stereocenters. The van der Waals surface area contributed by atoms with Gasteiger partial charge in [0.05, 0.1) is 10.7 Å². The molecule has 0 aliphatic heterocycles. The summed E-state index contributed by atoms with van der Waals surface area (Å²) in [6.07, 6.45) is 1.60. The number of aromatic nitrogens is 2. The maximum Gasteiger partial charge on any atom is 0.425 e. The third kappa shape index (κ3) is 1.76. The highest BCUT2D eigenvalue weighted by Crippen LogP contribution is 2.23. The second kappa shape index (κ2) is 4.26. The van der Waals surface area contributed by atoms with Crippen molar-refractivity contribution in [3.8, 4) is 5.69 Å². The van der Waals surface area contributed by atoms with Crippen LogP contribution in [0.3, 0.4) is 0 Å². The third-order valence-electron chi connectivity index (χ3n) is 2.48. The van der Waals surface area contributed by atoms with E-state index in [1.165, 1.54) is 4.57 Å². The number of oxazole rings is 1. The van der Waals surface area contributed by atoms with Gasteiger partial charge in [-0.3, -0.25) is 0 Å². The summed E-state index contributed by atoms with van der Waals surface area (Å²) in [7, 11) is 0. The van der Waals surface area contributed by atoms with Crippen molar-refractivity contribution >= 4 is 38.8 Å². The molecule has 0 saturated heterocycles. The lowest BCUT2D eigenvalue weighted by atomic mass is 10.3. The fourth-order valence-corrected chi connectivity index (χ4v) is 2.26. The fourth-order valence-electron chi connectivity index (χ4n) is 1.73. The molecule has 0 saturated carbocycles. The lowest BCUT2D eigenvalue weighted by molar-refractivity contribution is 0.540. The predicted molar refractivity (Wildman–Crippen MR) is 72.3 cm³/mol. The first kappa shape index (κ1) is 11.5. The topological polar surface area (TPSA) is 48.0 Å². The molecule has 0 radical (unpaired) electrons.